The van der Waals surface area contributed by atoms with Crippen molar-refractivity contribution < 1.29 is 4.74 Å². The summed E-state index contributed by atoms with van der Waals surface area (Å²) >= 11 is 0. The van der Waals surface area contributed by atoms with Crippen LogP contribution in [0.4, 0.5) is 5.69 Å². The van der Waals surface area contributed by atoms with Crippen LogP contribution in [0, 0.1) is 0 Å². The Morgan fingerprint density at radius 1 is 0.714 bits per heavy atom. The number of fused-ring (bicyclic) bond motifs is 2. The van der Waals surface area contributed by atoms with Crippen LogP contribution < -0.4 is 10.5 Å². The molecule has 21 heavy (non-hydrogen) atoms. The number of nitrogen functional groups attached to an aromatic ring is 1. The summed E-state index contributed by atoms with van der Waals surface area (Å²) in [5.41, 5.74) is 10.5. The highest BCUT2D eigenvalue weighted by atomic mass is 16.5. The van der Waals surface area contributed by atoms with Crippen LogP contribution in [0.5, 0.6) is 11.5 Å². The van der Waals surface area contributed by atoms with Gasteiger partial charge in [0.25, 0.3) is 0 Å². The lowest BCUT2D eigenvalue weighted by Gasteiger charge is -2.29. The van der Waals surface area contributed by atoms with Crippen molar-refractivity contribution in [2.24, 2.45) is 0 Å². The molecule has 0 fully saturated rings. The maximum absolute atomic E-state index is 6.25. The molecular formula is C19H15NO. The van der Waals surface area contributed by atoms with E-state index in [2.05, 4.69) is 30.3 Å². The van der Waals surface area contributed by atoms with Crippen molar-refractivity contribution >= 4 is 5.69 Å². The Bertz CT molecular complexity index is 796. The van der Waals surface area contributed by atoms with E-state index in [1.165, 1.54) is 5.56 Å². The van der Waals surface area contributed by atoms with Crippen molar-refractivity contribution in [2.75, 3.05) is 5.73 Å². The van der Waals surface area contributed by atoms with Gasteiger partial charge in [0.05, 0.1) is 0 Å². The Balaban J connectivity index is 2.01. The van der Waals surface area contributed by atoms with Crippen LogP contribution in [0.2, 0.25) is 0 Å². The van der Waals surface area contributed by atoms with Crippen molar-refractivity contribution in [1.82, 2.24) is 0 Å². The second kappa shape index (κ2) is 4.67. The van der Waals surface area contributed by atoms with Gasteiger partial charge in [-0.15, -0.1) is 0 Å². The van der Waals surface area contributed by atoms with Crippen LogP contribution in [0.1, 0.15) is 22.6 Å². The van der Waals surface area contributed by atoms with Gasteiger partial charge >= 0.3 is 0 Å². The molecule has 0 saturated carbocycles. The lowest BCUT2D eigenvalue weighted by molar-refractivity contribution is 0.453. The first-order chi connectivity index (χ1) is 10.3. The average molecular weight is 273 g/mol. The van der Waals surface area contributed by atoms with Gasteiger partial charge in [0, 0.05) is 22.7 Å². The molecule has 0 radical (unpaired) electrons. The highest BCUT2D eigenvalue weighted by Crippen LogP contribution is 2.49. The molecule has 1 aliphatic rings. The zero-order chi connectivity index (χ0) is 14.2. The SMILES string of the molecule is Nc1cccc2c1C(c1ccccc1)c1ccccc1O2. The zero-order valence-corrected chi connectivity index (χ0v) is 11.5. The van der Waals surface area contributed by atoms with E-state index >= 15 is 0 Å². The van der Waals surface area contributed by atoms with Crippen LogP contribution in [0.3, 0.4) is 0 Å². The second-order valence-corrected chi connectivity index (χ2v) is 5.24. The van der Waals surface area contributed by atoms with Crippen LogP contribution in [0.25, 0.3) is 0 Å². The number of hydrogen-bond donors (Lipinski definition) is 1. The molecule has 2 nitrogen and oxygen atoms in total. The molecule has 0 aromatic heterocycles. The van der Waals surface area contributed by atoms with Gasteiger partial charge in [-0.1, -0.05) is 54.6 Å². The van der Waals surface area contributed by atoms with Gasteiger partial charge in [-0.2, -0.15) is 0 Å². The van der Waals surface area contributed by atoms with Gasteiger partial charge in [-0.05, 0) is 23.8 Å². The zero-order valence-electron chi connectivity index (χ0n) is 11.5. The normalized spacial score (nSPS) is 15.7. The number of anilines is 1. The summed E-state index contributed by atoms with van der Waals surface area (Å²) in [6.45, 7) is 0. The standard InChI is InChI=1S/C19H15NO/c20-15-10-6-12-17-19(15)18(13-7-2-1-3-8-13)14-9-4-5-11-16(14)21-17/h1-12,18H,20H2. The summed E-state index contributed by atoms with van der Waals surface area (Å²) < 4.78 is 6.03. The molecule has 2 heteroatoms. The topological polar surface area (TPSA) is 35.2 Å². The van der Waals surface area contributed by atoms with Crippen LogP contribution in [-0.2, 0) is 0 Å². The van der Waals surface area contributed by atoms with E-state index in [0.29, 0.717) is 0 Å². The second-order valence-electron chi connectivity index (χ2n) is 5.24. The minimum atomic E-state index is 0.118. The molecule has 102 valence electrons. The highest BCUT2D eigenvalue weighted by Gasteiger charge is 2.29. The predicted octanol–water partition coefficient (Wildman–Crippen LogP) is 4.55. The average Bonchev–Trinajstić information content (AvgIpc) is 2.54. The monoisotopic (exact) mass is 273 g/mol. The summed E-state index contributed by atoms with van der Waals surface area (Å²) in [5.74, 6) is 1.87. The molecule has 0 amide bonds. The van der Waals surface area contributed by atoms with E-state index in [4.69, 9.17) is 10.5 Å². The fourth-order valence-corrected chi connectivity index (χ4v) is 3.04. The third-order valence-electron chi connectivity index (χ3n) is 3.97. The number of hydrogen-bond acceptors (Lipinski definition) is 2. The van der Waals surface area contributed by atoms with Crippen LogP contribution in [0.15, 0.2) is 72.8 Å². The smallest absolute Gasteiger partial charge is 0.133 e. The molecule has 1 unspecified atom stereocenters. The number of nitrogens with two attached hydrogens (primary N) is 1. The minimum Gasteiger partial charge on any atom is -0.457 e. The maximum atomic E-state index is 6.25. The van der Waals surface area contributed by atoms with E-state index in [0.717, 1.165) is 28.3 Å². The number of ether oxygens (including phenoxy) is 1. The van der Waals surface area contributed by atoms with E-state index in [-0.39, 0.29) is 5.92 Å². The predicted molar refractivity (Wildman–Crippen MR) is 84.8 cm³/mol. The van der Waals surface area contributed by atoms with Gasteiger partial charge in [-0.25, -0.2) is 0 Å². The van der Waals surface area contributed by atoms with E-state index in [1.807, 2.05) is 42.5 Å². The Hall–Kier alpha value is -2.74. The molecule has 2 N–H and O–H groups in total. The quantitative estimate of drug-likeness (QED) is 0.516. The lowest BCUT2D eigenvalue weighted by Crippen LogP contribution is -2.13. The fourth-order valence-electron chi connectivity index (χ4n) is 3.04. The first-order valence-electron chi connectivity index (χ1n) is 7.04. The number of rotatable bonds is 1. The van der Waals surface area contributed by atoms with E-state index < -0.39 is 0 Å². The third kappa shape index (κ3) is 1.88. The first-order valence-corrected chi connectivity index (χ1v) is 7.04. The third-order valence-corrected chi connectivity index (χ3v) is 3.97. The summed E-state index contributed by atoms with van der Waals surface area (Å²) in [6.07, 6.45) is 0. The number of para-hydroxylation sites is 1. The summed E-state index contributed by atoms with van der Waals surface area (Å²) in [4.78, 5) is 0. The Labute approximate surface area is 123 Å². The Morgan fingerprint density at radius 2 is 1.43 bits per heavy atom. The molecule has 1 atom stereocenters. The summed E-state index contributed by atoms with van der Waals surface area (Å²) in [5, 5.41) is 0. The van der Waals surface area contributed by atoms with Gasteiger partial charge in [-0.3, -0.25) is 0 Å². The Morgan fingerprint density at radius 3 is 2.29 bits per heavy atom. The van der Waals surface area contributed by atoms with Gasteiger partial charge in [0.15, 0.2) is 0 Å². The molecule has 0 saturated heterocycles. The molecule has 3 aromatic rings. The molecule has 0 spiro atoms. The maximum Gasteiger partial charge on any atom is 0.133 e. The summed E-state index contributed by atoms with van der Waals surface area (Å²) in [6, 6.07) is 24.5. The number of benzene rings is 3. The fraction of sp³-hybridized carbons (Fsp3) is 0.0526. The van der Waals surface area contributed by atoms with E-state index in [1.54, 1.807) is 0 Å². The molecule has 1 aliphatic heterocycles. The van der Waals surface area contributed by atoms with Crippen LogP contribution in [-0.4, -0.2) is 0 Å². The molecule has 0 bridgehead atoms. The van der Waals surface area contributed by atoms with Crippen molar-refractivity contribution in [3.63, 3.8) is 0 Å². The first kappa shape index (κ1) is 12.0. The minimum absolute atomic E-state index is 0.118. The van der Waals surface area contributed by atoms with Gasteiger partial charge < -0.3 is 10.5 Å². The largest absolute Gasteiger partial charge is 0.457 e. The van der Waals surface area contributed by atoms with Crippen molar-refractivity contribution in [2.45, 2.75) is 5.92 Å². The summed E-state index contributed by atoms with van der Waals surface area (Å²) in [7, 11) is 0. The van der Waals surface area contributed by atoms with E-state index in [9.17, 15) is 0 Å². The molecule has 0 aliphatic carbocycles. The molecule has 3 aromatic carbocycles. The molecule has 1 heterocycles. The Kier molecular flexibility index (Phi) is 2.68. The molecule has 4 rings (SSSR count). The highest BCUT2D eigenvalue weighted by molar-refractivity contribution is 5.66. The van der Waals surface area contributed by atoms with Crippen LogP contribution >= 0.6 is 0 Å². The molecular weight excluding hydrogens is 258 g/mol. The van der Waals surface area contributed by atoms with Crippen molar-refractivity contribution in [3.05, 3.63) is 89.5 Å². The van der Waals surface area contributed by atoms with Crippen molar-refractivity contribution in [3.8, 4) is 11.5 Å². The van der Waals surface area contributed by atoms with Crippen molar-refractivity contribution in [1.29, 1.82) is 0 Å². The van der Waals surface area contributed by atoms with Gasteiger partial charge in [0.1, 0.15) is 11.5 Å². The lowest BCUT2D eigenvalue weighted by atomic mass is 9.82. The van der Waals surface area contributed by atoms with Gasteiger partial charge in [0.2, 0.25) is 0 Å².